The molecule has 1 aliphatic heterocycles. The maximum Gasteiger partial charge on any atom is 0.268 e. The van der Waals surface area contributed by atoms with E-state index in [9.17, 15) is 8.42 Å². The highest BCUT2D eigenvalue weighted by Crippen LogP contribution is 2.39. The van der Waals surface area contributed by atoms with Gasteiger partial charge in [-0.15, -0.1) is 11.8 Å². The molecule has 0 bridgehead atoms. The van der Waals surface area contributed by atoms with Gasteiger partial charge in [-0.3, -0.25) is 4.31 Å². The van der Waals surface area contributed by atoms with Gasteiger partial charge in [0.1, 0.15) is 10.6 Å². The molecule has 1 heterocycles. The Hall–Kier alpha value is -1.66. The lowest BCUT2D eigenvalue weighted by molar-refractivity contribution is 0.402. The summed E-state index contributed by atoms with van der Waals surface area (Å²) in [5.74, 6) is 1.12. The zero-order valence-corrected chi connectivity index (χ0v) is 14.1. The lowest BCUT2D eigenvalue weighted by Gasteiger charge is -2.30. The molecule has 22 heavy (non-hydrogen) atoms. The van der Waals surface area contributed by atoms with E-state index in [2.05, 4.69) is 0 Å². The van der Waals surface area contributed by atoms with Crippen molar-refractivity contribution in [3.63, 3.8) is 0 Å². The largest absolute Gasteiger partial charge is 0.495 e. The molecule has 6 heteroatoms. The van der Waals surface area contributed by atoms with Gasteiger partial charge in [0.25, 0.3) is 10.0 Å². The number of rotatable bonds is 3. The SMILES string of the molecule is COc1ccc(C)cc1S(=O)(=O)N1CCSc2ccccc21. The van der Waals surface area contributed by atoms with Gasteiger partial charge in [0.2, 0.25) is 0 Å². The molecule has 2 aromatic rings. The summed E-state index contributed by atoms with van der Waals surface area (Å²) in [6, 6.07) is 12.8. The van der Waals surface area contributed by atoms with E-state index >= 15 is 0 Å². The standard InChI is InChI=1S/C16H17NO3S2/c1-12-7-8-14(20-2)16(11-12)22(18,19)17-9-10-21-15-6-4-3-5-13(15)17/h3-8,11H,9-10H2,1-2H3. The Kier molecular flexibility index (Phi) is 4.06. The summed E-state index contributed by atoms with van der Waals surface area (Å²) in [5.41, 5.74) is 1.63. The molecule has 3 rings (SSSR count). The molecule has 116 valence electrons. The molecule has 0 aliphatic carbocycles. The number of hydrogen-bond donors (Lipinski definition) is 0. The first-order chi connectivity index (χ1) is 10.5. The molecular formula is C16H17NO3S2. The topological polar surface area (TPSA) is 46.6 Å². The smallest absolute Gasteiger partial charge is 0.268 e. The van der Waals surface area contributed by atoms with Gasteiger partial charge in [0.05, 0.1) is 12.8 Å². The van der Waals surface area contributed by atoms with Crippen molar-refractivity contribution in [2.75, 3.05) is 23.7 Å². The summed E-state index contributed by atoms with van der Waals surface area (Å²) in [6.07, 6.45) is 0. The number of hydrogen-bond acceptors (Lipinski definition) is 4. The third-order valence-corrected chi connectivity index (χ3v) is 6.45. The van der Waals surface area contributed by atoms with E-state index in [1.165, 1.54) is 11.4 Å². The second kappa shape index (κ2) is 5.85. The number of ether oxygens (including phenoxy) is 1. The average Bonchev–Trinajstić information content (AvgIpc) is 2.54. The van der Waals surface area contributed by atoms with Crippen LogP contribution >= 0.6 is 11.8 Å². The van der Waals surface area contributed by atoms with Gasteiger partial charge in [0, 0.05) is 17.2 Å². The molecule has 2 aromatic carbocycles. The lowest BCUT2D eigenvalue weighted by atomic mass is 10.2. The van der Waals surface area contributed by atoms with Crippen molar-refractivity contribution in [2.24, 2.45) is 0 Å². The van der Waals surface area contributed by atoms with Crippen molar-refractivity contribution in [3.8, 4) is 5.75 Å². The molecule has 0 radical (unpaired) electrons. The summed E-state index contributed by atoms with van der Waals surface area (Å²) in [5, 5.41) is 0. The first kappa shape index (κ1) is 15.2. The van der Waals surface area contributed by atoms with Crippen LogP contribution in [0.3, 0.4) is 0 Å². The fraction of sp³-hybridized carbons (Fsp3) is 0.250. The molecular weight excluding hydrogens is 318 g/mol. The van der Waals surface area contributed by atoms with Crippen LogP contribution in [0.1, 0.15) is 5.56 Å². The fourth-order valence-corrected chi connectivity index (χ4v) is 5.39. The number of methoxy groups -OCH3 is 1. The van der Waals surface area contributed by atoms with Crippen LogP contribution in [-0.2, 0) is 10.0 Å². The third kappa shape index (κ3) is 2.57. The number of thioether (sulfide) groups is 1. The number of nitrogens with zero attached hydrogens (tertiary/aromatic N) is 1. The van der Waals surface area contributed by atoms with E-state index < -0.39 is 10.0 Å². The second-order valence-corrected chi connectivity index (χ2v) is 8.02. The van der Waals surface area contributed by atoms with Crippen molar-refractivity contribution < 1.29 is 13.2 Å². The van der Waals surface area contributed by atoms with Crippen molar-refractivity contribution in [2.45, 2.75) is 16.7 Å². The molecule has 0 aromatic heterocycles. The Balaban J connectivity index is 2.14. The van der Waals surface area contributed by atoms with Gasteiger partial charge in [-0.1, -0.05) is 18.2 Å². The second-order valence-electron chi connectivity index (χ2n) is 5.05. The summed E-state index contributed by atoms with van der Waals surface area (Å²) in [7, 11) is -2.16. The molecule has 0 saturated heterocycles. The molecule has 0 N–H and O–H groups in total. The van der Waals surface area contributed by atoms with Gasteiger partial charge in [-0.2, -0.15) is 0 Å². The van der Waals surface area contributed by atoms with Crippen LogP contribution in [0.25, 0.3) is 0 Å². The number of fused-ring (bicyclic) bond motifs is 1. The highest BCUT2D eigenvalue weighted by atomic mass is 32.2. The molecule has 0 fully saturated rings. The predicted octanol–water partition coefficient (Wildman–Crippen LogP) is 3.30. The summed E-state index contributed by atoms with van der Waals surface area (Å²) >= 11 is 1.68. The Bertz CT molecular complexity index is 803. The van der Waals surface area contributed by atoms with Gasteiger partial charge in [0.15, 0.2) is 0 Å². The Labute approximate surface area is 135 Å². The zero-order chi connectivity index (χ0) is 15.7. The molecule has 0 unspecified atom stereocenters. The van der Waals surface area contributed by atoms with Crippen LogP contribution < -0.4 is 9.04 Å². The van der Waals surface area contributed by atoms with Crippen molar-refractivity contribution in [3.05, 3.63) is 48.0 Å². The minimum absolute atomic E-state index is 0.219. The summed E-state index contributed by atoms with van der Waals surface area (Å²) in [4.78, 5) is 1.21. The number of benzene rings is 2. The van der Waals surface area contributed by atoms with Crippen LogP contribution in [0.5, 0.6) is 5.75 Å². The Morgan fingerprint density at radius 2 is 1.95 bits per heavy atom. The quantitative estimate of drug-likeness (QED) is 0.863. The summed E-state index contributed by atoms with van der Waals surface area (Å²) in [6.45, 7) is 2.33. The van der Waals surface area contributed by atoms with Crippen molar-refractivity contribution in [1.29, 1.82) is 0 Å². The summed E-state index contributed by atoms with van der Waals surface area (Å²) < 4.78 is 33.0. The predicted molar refractivity (Wildman–Crippen MR) is 89.4 cm³/mol. The number of anilines is 1. The molecule has 0 saturated carbocycles. The lowest BCUT2D eigenvalue weighted by Crippen LogP contribution is -2.35. The van der Waals surface area contributed by atoms with Crippen LogP contribution in [0.15, 0.2) is 52.3 Å². The van der Waals surface area contributed by atoms with E-state index in [0.717, 1.165) is 21.9 Å². The first-order valence-corrected chi connectivity index (χ1v) is 9.36. The number of aryl methyl sites for hydroxylation is 1. The third-order valence-electron chi connectivity index (χ3n) is 3.57. The first-order valence-electron chi connectivity index (χ1n) is 6.93. The maximum atomic E-state index is 13.1. The minimum atomic E-state index is -3.65. The molecule has 4 nitrogen and oxygen atoms in total. The van der Waals surface area contributed by atoms with E-state index in [0.29, 0.717) is 12.3 Å². The average molecular weight is 335 g/mol. The maximum absolute atomic E-state index is 13.1. The van der Waals surface area contributed by atoms with Gasteiger partial charge in [-0.05, 0) is 36.8 Å². The minimum Gasteiger partial charge on any atom is -0.495 e. The van der Waals surface area contributed by atoms with Gasteiger partial charge < -0.3 is 4.74 Å². The van der Waals surface area contributed by atoms with E-state index in [1.54, 1.807) is 23.9 Å². The number of sulfonamides is 1. The molecule has 0 atom stereocenters. The van der Waals surface area contributed by atoms with Crippen molar-refractivity contribution >= 4 is 27.5 Å². The van der Waals surface area contributed by atoms with E-state index in [4.69, 9.17) is 4.74 Å². The van der Waals surface area contributed by atoms with Crippen LogP contribution in [0.2, 0.25) is 0 Å². The van der Waals surface area contributed by atoms with Crippen LogP contribution in [0.4, 0.5) is 5.69 Å². The van der Waals surface area contributed by atoms with Crippen LogP contribution in [-0.4, -0.2) is 27.8 Å². The van der Waals surface area contributed by atoms with Crippen LogP contribution in [0, 0.1) is 6.92 Å². The van der Waals surface area contributed by atoms with Gasteiger partial charge >= 0.3 is 0 Å². The van der Waals surface area contributed by atoms with E-state index in [-0.39, 0.29) is 4.90 Å². The molecule has 1 aliphatic rings. The molecule has 0 spiro atoms. The van der Waals surface area contributed by atoms with Crippen molar-refractivity contribution in [1.82, 2.24) is 0 Å². The monoisotopic (exact) mass is 335 g/mol. The van der Waals surface area contributed by atoms with E-state index in [1.807, 2.05) is 37.3 Å². The fourth-order valence-electron chi connectivity index (χ4n) is 2.50. The highest BCUT2D eigenvalue weighted by molar-refractivity contribution is 8.00. The Morgan fingerprint density at radius 3 is 2.73 bits per heavy atom. The normalized spacial score (nSPS) is 14.5. The molecule has 0 amide bonds. The number of para-hydroxylation sites is 1. The highest BCUT2D eigenvalue weighted by Gasteiger charge is 2.31. The Morgan fingerprint density at radius 1 is 1.18 bits per heavy atom. The zero-order valence-electron chi connectivity index (χ0n) is 12.4. The van der Waals surface area contributed by atoms with Gasteiger partial charge in [-0.25, -0.2) is 8.42 Å².